The molecular weight excluding hydrogens is 234 g/mol. The molecule has 1 aromatic carbocycles. The van der Waals surface area contributed by atoms with E-state index in [-0.39, 0.29) is 0 Å². The minimum Gasteiger partial charge on any atom is -0.244 e. The molecule has 2 heterocycles. The summed E-state index contributed by atoms with van der Waals surface area (Å²) in [5, 5.41) is 1.65. The van der Waals surface area contributed by atoms with Crippen LogP contribution in [0.4, 0.5) is 0 Å². The number of fused-ring (bicyclic) bond motifs is 1. The Kier molecular flexibility index (Phi) is 2.46. The third kappa shape index (κ3) is 1.97. The quantitative estimate of drug-likeness (QED) is 0.656. The van der Waals surface area contributed by atoms with Gasteiger partial charge in [-0.3, -0.25) is 0 Å². The number of halogens is 1. The number of pyridine rings is 1. The van der Waals surface area contributed by atoms with Gasteiger partial charge in [0.2, 0.25) is 0 Å². The van der Waals surface area contributed by atoms with Gasteiger partial charge >= 0.3 is 0 Å². The van der Waals surface area contributed by atoms with Crippen molar-refractivity contribution < 1.29 is 0 Å². The van der Waals surface area contributed by atoms with Gasteiger partial charge in [0.05, 0.1) is 5.69 Å². The summed E-state index contributed by atoms with van der Waals surface area (Å²) in [6.45, 7) is 0. The first kappa shape index (κ1) is 10.2. The van der Waals surface area contributed by atoms with Gasteiger partial charge in [-0.05, 0) is 24.3 Å². The maximum Gasteiger partial charge on any atom is 0.163 e. The summed E-state index contributed by atoms with van der Waals surface area (Å²) in [7, 11) is 0. The van der Waals surface area contributed by atoms with E-state index in [1.54, 1.807) is 6.20 Å². The molecule has 0 saturated heterocycles. The fourth-order valence-corrected chi connectivity index (χ4v) is 1.77. The summed E-state index contributed by atoms with van der Waals surface area (Å²) in [5.41, 5.74) is 2.61. The topological polar surface area (TPSA) is 38.7 Å². The van der Waals surface area contributed by atoms with Crippen LogP contribution in [0.3, 0.4) is 0 Å². The highest BCUT2D eigenvalue weighted by atomic mass is 35.5. The summed E-state index contributed by atoms with van der Waals surface area (Å²) in [6.07, 6.45) is 3.25. The molecule has 82 valence electrons. The average molecular weight is 242 g/mol. The van der Waals surface area contributed by atoms with E-state index in [9.17, 15) is 0 Å². The predicted octanol–water partition coefficient (Wildman–Crippen LogP) is 3.35. The van der Waals surface area contributed by atoms with Crippen molar-refractivity contribution in [3.05, 3.63) is 53.9 Å². The molecule has 0 atom stereocenters. The van der Waals surface area contributed by atoms with E-state index in [2.05, 4.69) is 15.0 Å². The van der Waals surface area contributed by atoms with Crippen LogP contribution < -0.4 is 0 Å². The average Bonchev–Trinajstić information content (AvgIpc) is 2.39. The van der Waals surface area contributed by atoms with Gasteiger partial charge in [0.15, 0.2) is 5.65 Å². The van der Waals surface area contributed by atoms with Crippen molar-refractivity contribution in [2.75, 3.05) is 0 Å². The van der Waals surface area contributed by atoms with E-state index in [0.717, 1.165) is 21.7 Å². The number of aromatic nitrogens is 3. The Morgan fingerprint density at radius 1 is 0.941 bits per heavy atom. The Hall–Kier alpha value is -2.00. The van der Waals surface area contributed by atoms with Gasteiger partial charge < -0.3 is 0 Å². The Morgan fingerprint density at radius 2 is 1.76 bits per heavy atom. The standard InChI is InChI=1S/C13H8ClN3/c14-11-4-1-9(2-5-11)12-6-3-10-7-15-8-16-13(10)17-12/h1-8H. The molecule has 0 aliphatic carbocycles. The normalized spacial score (nSPS) is 10.6. The van der Waals surface area contributed by atoms with Gasteiger partial charge in [-0.2, -0.15) is 0 Å². The molecule has 2 aromatic heterocycles. The van der Waals surface area contributed by atoms with Crippen LogP contribution in [-0.4, -0.2) is 15.0 Å². The molecule has 4 heteroatoms. The molecule has 0 N–H and O–H groups in total. The van der Waals surface area contributed by atoms with Crippen LogP contribution >= 0.6 is 11.6 Å². The monoisotopic (exact) mass is 241 g/mol. The maximum atomic E-state index is 5.85. The van der Waals surface area contributed by atoms with Crippen LogP contribution in [0.2, 0.25) is 5.02 Å². The molecular formula is C13H8ClN3. The number of rotatable bonds is 1. The highest BCUT2D eigenvalue weighted by Crippen LogP contribution is 2.21. The summed E-state index contributed by atoms with van der Waals surface area (Å²) in [5.74, 6) is 0. The minimum absolute atomic E-state index is 0.701. The highest BCUT2D eigenvalue weighted by Gasteiger charge is 2.01. The molecule has 3 aromatic rings. The molecule has 0 aliphatic heterocycles. The fraction of sp³-hybridized carbons (Fsp3) is 0. The van der Waals surface area contributed by atoms with Crippen molar-refractivity contribution in [1.82, 2.24) is 15.0 Å². The summed E-state index contributed by atoms with van der Waals surface area (Å²) in [4.78, 5) is 12.6. The Balaban J connectivity index is 2.14. The van der Waals surface area contributed by atoms with Gasteiger partial charge in [-0.25, -0.2) is 15.0 Å². The van der Waals surface area contributed by atoms with Crippen LogP contribution in [0.25, 0.3) is 22.3 Å². The lowest BCUT2D eigenvalue weighted by atomic mass is 10.1. The van der Waals surface area contributed by atoms with Crippen molar-refractivity contribution in [3.8, 4) is 11.3 Å². The second-order valence-electron chi connectivity index (χ2n) is 3.64. The van der Waals surface area contributed by atoms with Crippen LogP contribution in [0.15, 0.2) is 48.9 Å². The van der Waals surface area contributed by atoms with Gasteiger partial charge in [0.25, 0.3) is 0 Å². The molecule has 0 unspecified atom stereocenters. The van der Waals surface area contributed by atoms with Crippen LogP contribution in [0, 0.1) is 0 Å². The molecule has 0 amide bonds. The summed E-state index contributed by atoms with van der Waals surface area (Å²) >= 11 is 5.85. The van der Waals surface area contributed by atoms with Gasteiger partial charge in [0, 0.05) is 22.2 Å². The van der Waals surface area contributed by atoms with Crippen LogP contribution in [0.1, 0.15) is 0 Å². The van der Waals surface area contributed by atoms with Crippen LogP contribution in [-0.2, 0) is 0 Å². The molecule has 3 nitrogen and oxygen atoms in total. The second kappa shape index (κ2) is 4.11. The lowest BCUT2D eigenvalue weighted by Gasteiger charge is -2.02. The molecule has 0 spiro atoms. The van der Waals surface area contributed by atoms with Crippen molar-refractivity contribution in [2.24, 2.45) is 0 Å². The van der Waals surface area contributed by atoms with E-state index in [1.807, 2.05) is 36.4 Å². The Morgan fingerprint density at radius 3 is 2.59 bits per heavy atom. The second-order valence-corrected chi connectivity index (χ2v) is 4.08. The third-order valence-corrected chi connectivity index (χ3v) is 2.76. The zero-order chi connectivity index (χ0) is 11.7. The number of hydrogen-bond acceptors (Lipinski definition) is 3. The zero-order valence-corrected chi connectivity index (χ0v) is 9.59. The van der Waals surface area contributed by atoms with Crippen molar-refractivity contribution >= 4 is 22.6 Å². The lowest BCUT2D eigenvalue weighted by Crippen LogP contribution is -1.88. The molecule has 0 bridgehead atoms. The minimum atomic E-state index is 0.701. The Bertz CT molecular complexity index is 665. The Labute approximate surface area is 103 Å². The third-order valence-electron chi connectivity index (χ3n) is 2.51. The van der Waals surface area contributed by atoms with Gasteiger partial charge in [-0.15, -0.1) is 0 Å². The maximum absolute atomic E-state index is 5.85. The smallest absolute Gasteiger partial charge is 0.163 e. The SMILES string of the molecule is Clc1ccc(-c2ccc3cncnc3n2)cc1. The van der Waals surface area contributed by atoms with E-state index in [4.69, 9.17) is 11.6 Å². The van der Waals surface area contributed by atoms with Gasteiger partial charge in [-0.1, -0.05) is 23.7 Å². The number of benzene rings is 1. The first-order chi connectivity index (χ1) is 8.33. The van der Waals surface area contributed by atoms with Crippen molar-refractivity contribution in [2.45, 2.75) is 0 Å². The molecule has 0 fully saturated rings. The highest BCUT2D eigenvalue weighted by molar-refractivity contribution is 6.30. The summed E-state index contributed by atoms with van der Waals surface area (Å²) in [6, 6.07) is 11.5. The lowest BCUT2D eigenvalue weighted by molar-refractivity contribution is 1.18. The predicted molar refractivity (Wildman–Crippen MR) is 67.8 cm³/mol. The molecule has 0 saturated carbocycles. The van der Waals surface area contributed by atoms with E-state index >= 15 is 0 Å². The molecule has 0 aliphatic rings. The first-order valence-electron chi connectivity index (χ1n) is 5.16. The van der Waals surface area contributed by atoms with Gasteiger partial charge in [0.1, 0.15) is 6.33 Å². The first-order valence-corrected chi connectivity index (χ1v) is 5.53. The zero-order valence-electron chi connectivity index (χ0n) is 8.84. The molecule has 0 radical (unpaired) electrons. The van der Waals surface area contributed by atoms with Crippen LogP contribution in [0.5, 0.6) is 0 Å². The van der Waals surface area contributed by atoms with E-state index < -0.39 is 0 Å². The van der Waals surface area contributed by atoms with E-state index in [1.165, 1.54) is 6.33 Å². The molecule has 3 rings (SSSR count). The number of nitrogens with zero attached hydrogens (tertiary/aromatic N) is 3. The van der Waals surface area contributed by atoms with E-state index in [0.29, 0.717) is 5.65 Å². The van der Waals surface area contributed by atoms with Crippen molar-refractivity contribution in [1.29, 1.82) is 0 Å². The largest absolute Gasteiger partial charge is 0.244 e. The molecule has 17 heavy (non-hydrogen) atoms. The van der Waals surface area contributed by atoms with Crippen molar-refractivity contribution in [3.63, 3.8) is 0 Å². The number of hydrogen-bond donors (Lipinski definition) is 0. The fourth-order valence-electron chi connectivity index (χ4n) is 1.65. The summed E-state index contributed by atoms with van der Waals surface area (Å²) < 4.78 is 0.